The fraction of sp³-hybridized carbons (Fsp3) is 0.417. The first-order chi connectivity index (χ1) is 14.3. The minimum atomic E-state index is -0.614. The van der Waals surface area contributed by atoms with Crippen LogP contribution in [0.2, 0.25) is 0 Å². The first kappa shape index (κ1) is 23.9. The van der Waals surface area contributed by atoms with Crippen molar-refractivity contribution in [1.29, 1.82) is 0 Å². The van der Waals surface area contributed by atoms with Gasteiger partial charge in [-0.25, -0.2) is 0 Å². The van der Waals surface area contributed by atoms with Crippen LogP contribution in [0.5, 0.6) is 5.75 Å². The van der Waals surface area contributed by atoms with Crippen molar-refractivity contribution in [1.82, 2.24) is 10.2 Å². The van der Waals surface area contributed by atoms with Crippen molar-refractivity contribution in [2.45, 2.75) is 59.2 Å². The summed E-state index contributed by atoms with van der Waals surface area (Å²) in [5.74, 6) is 0.237. The van der Waals surface area contributed by atoms with Crippen LogP contribution < -0.4 is 10.1 Å². The minimum Gasteiger partial charge on any atom is -0.484 e. The molecule has 0 radical (unpaired) electrons. The van der Waals surface area contributed by atoms with Gasteiger partial charge in [-0.3, -0.25) is 9.59 Å². The van der Waals surface area contributed by atoms with Crippen molar-refractivity contribution in [2.24, 2.45) is 0 Å². The number of benzene rings is 2. The van der Waals surface area contributed by atoms with Gasteiger partial charge in [-0.2, -0.15) is 0 Å². The SMILES string of the molecule is CCc1ccc(OCC(=O)N(Cc2cccc(Br)c2)[C@@H](C)C(=O)N[C@@H](C)CC)cc1. The summed E-state index contributed by atoms with van der Waals surface area (Å²) in [6.07, 6.45) is 1.78. The Hall–Kier alpha value is -2.34. The largest absolute Gasteiger partial charge is 0.484 e. The third kappa shape index (κ3) is 7.17. The van der Waals surface area contributed by atoms with E-state index in [1.807, 2.05) is 62.4 Å². The molecule has 2 amide bonds. The second kappa shape index (κ2) is 11.7. The Morgan fingerprint density at radius 3 is 2.37 bits per heavy atom. The van der Waals surface area contributed by atoms with Crippen molar-refractivity contribution in [3.63, 3.8) is 0 Å². The molecule has 0 bridgehead atoms. The van der Waals surface area contributed by atoms with Crippen LogP contribution in [-0.4, -0.2) is 35.4 Å². The van der Waals surface area contributed by atoms with Crippen molar-refractivity contribution in [2.75, 3.05) is 6.61 Å². The molecule has 0 fully saturated rings. The fourth-order valence-electron chi connectivity index (χ4n) is 2.93. The zero-order valence-corrected chi connectivity index (χ0v) is 19.7. The molecule has 0 heterocycles. The van der Waals surface area contributed by atoms with Crippen LogP contribution in [0.15, 0.2) is 53.0 Å². The molecule has 0 aliphatic heterocycles. The predicted octanol–water partition coefficient (Wildman–Crippen LogP) is 4.72. The van der Waals surface area contributed by atoms with E-state index in [2.05, 4.69) is 28.2 Å². The van der Waals surface area contributed by atoms with E-state index in [1.165, 1.54) is 5.56 Å². The molecule has 162 valence electrons. The van der Waals surface area contributed by atoms with E-state index < -0.39 is 6.04 Å². The topological polar surface area (TPSA) is 58.6 Å². The second-order valence-electron chi connectivity index (χ2n) is 7.43. The normalized spacial score (nSPS) is 12.7. The predicted molar refractivity (Wildman–Crippen MR) is 123 cm³/mol. The van der Waals surface area contributed by atoms with E-state index in [9.17, 15) is 9.59 Å². The Morgan fingerprint density at radius 1 is 1.07 bits per heavy atom. The Labute approximate surface area is 187 Å². The molecule has 30 heavy (non-hydrogen) atoms. The summed E-state index contributed by atoms with van der Waals surface area (Å²) in [6, 6.07) is 14.9. The summed E-state index contributed by atoms with van der Waals surface area (Å²) < 4.78 is 6.64. The number of amides is 2. The van der Waals surface area contributed by atoms with Gasteiger partial charge in [0, 0.05) is 17.1 Å². The third-order valence-electron chi connectivity index (χ3n) is 5.10. The monoisotopic (exact) mass is 474 g/mol. The number of halogens is 1. The first-order valence-corrected chi connectivity index (χ1v) is 11.2. The summed E-state index contributed by atoms with van der Waals surface area (Å²) >= 11 is 3.46. The first-order valence-electron chi connectivity index (χ1n) is 10.4. The zero-order chi connectivity index (χ0) is 22.1. The molecule has 0 saturated carbocycles. The van der Waals surface area contributed by atoms with Gasteiger partial charge in [0.2, 0.25) is 5.91 Å². The van der Waals surface area contributed by atoms with Gasteiger partial charge >= 0.3 is 0 Å². The Balaban J connectivity index is 2.13. The number of hydrogen-bond donors (Lipinski definition) is 1. The standard InChI is InChI=1S/C24H31BrN2O3/c1-5-17(3)26-24(29)18(4)27(15-20-8-7-9-21(25)14-20)23(28)16-30-22-12-10-19(6-2)11-13-22/h7-14,17-18H,5-6,15-16H2,1-4H3,(H,26,29)/t17-,18-/m0/s1. The van der Waals surface area contributed by atoms with Crippen molar-refractivity contribution in [3.8, 4) is 5.75 Å². The molecule has 1 N–H and O–H groups in total. The average molecular weight is 475 g/mol. The molecule has 2 aromatic carbocycles. The third-order valence-corrected chi connectivity index (χ3v) is 5.60. The molecule has 0 aromatic heterocycles. The summed E-state index contributed by atoms with van der Waals surface area (Å²) in [6.45, 7) is 8.01. The molecule has 0 saturated heterocycles. The zero-order valence-electron chi connectivity index (χ0n) is 18.2. The number of rotatable bonds is 10. The molecule has 2 rings (SSSR count). The molecule has 0 unspecified atom stereocenters. The van der Waals surface area contributed by atoms with E-state index in [0.717, 1.165) is 22.9 Å². The highest BCUT2D eigenvalue weighted by Crippen LogP contribution is 2.17. The van der Waals surface area contributed by atoms with Crippen LogP contribution >= 0.6 is 15.9 Å². The molecular formula is C24H31BrN2O3. The molecule has 5 nitrogen and oxygen atoms in total. The summed E-state index contributed by atoms with van der Waals surface area (Å²) in [5, 5.41) is 2.97. The molecule has 2 atom stereocenters. The number of ether oxygens (including phenoxy) is 1. The minimum absolute atomic E-state index is 0.0519. The molecule has 6 heteroatoms. The van der Waals surface area contributed by atoms with Crippen LogP contribution in [0.25, 0.3) is 0 Å². The van der Waals surface area contributed by atoms with E-state index in [4.69, 9.17) is 4.74 Å². The second-order valence-corrected chi connectivity index (χ2v) is 8.35. The number of carbonyl (C=O) groups excluding carboxylic acids is 2. The molecular weight excluding hydrogens is 444 g/mol. The van der Waals surface area contributed by atoms with Crippen molar-refractivity contribution >= 4 is 27.7 Å². The summed E-state index contributed by atoms with van der Waals surface area (Å²) in [7, 11) is 0. The van der Waals surface area contributed by atoms with Gasteiger partial charge in [-0.1, -0.05) is 54.0 Å². The highest BCUT2D eigenvalue weighted by atomic mass is 79.9. The smallest absolute Gasteiger partial charge is 0.261 e. The number of aryl methyl sites for hydroxylation is 1. The highest BCUT2D eigenvalue weighted by Gasteiger charge is 2.27. The van der Waals surface area contributed by atoms with Crippen LogP contribution in [0.4, 0.5) is 0 Å². The molecule has 0 spiro atoms. The van der Waals surface area contributed by atoms with E-state index >= 15 is 0 Å². The lowest BCUT2D eigenvalue weighted by atomic mass is 10.1. The van der Waals surface area contributed by atoms with Gasteiger partial charge in [0.05, 0.1) is 0 Å². The Bertz CT molecular complexity index is 839. The quantitative estimate of drug-likeness (QED) is 0.541. The van der Waals surface area contributed by atoms with Gasteiger partial charge in [0.1, 0.15) is 11.8 Å². The Morgan fingerprint density at radius 2 is 1.77 bits per heavy atom. The number of hydrogen-bond acceptors (Lipinski definition) is 3. The lowest BCUT2D eigenvalue weighted by Crippen LogP contribution is -2.50. The van der Waals surface area contributed by atoms with E-state index in [-0.39, 0.29) is 24.5 Å². The highest BCUT2D eigenvalue weighted by molar-refractivity contribution is 9.10. The van der Waals surface area contributed by atoms with Gasteiger partial charge in [-0.15, -0.1) is 0 Å². The maximum atomic E-state index is 13.0. The molecule has 2 aromatic rings. The van der Waals surface area contributed by atoms with Gasteiger partial charge in [0.25, 0.3) is 5.91 Å². The number of nitrogens with one attached hydrogen (secondary N) is 1. The number of nitrogens with zero attached hydrogens (tertiary/aromatic N) is 1. The summed E-state index contributed by atoms with van der Waals surface area (Å²) in [5.41, 5.74) is 2.15. The fourth-order valence-corrected chi connectivity index (χ4v) is 3.38. The maximum Gasteiger partial charge on any atom is 0.261 e. The average Bonchev–Trinajstić information content (AvgIpc) is 2.75. The lowest BCUT2D eigenvalue weighted by Gasteiger charge is -2.29. The maximum absolute atomic E-state index is 13.0. The molecule has 0 aliphatic carbocycles. The van der Waals surface area contributed by atoms with Crippen LogP contribution in [-0.2, 0) is 22.6 Å². The van der Waals surface area contributed by atoms with Gasteiger partial charge < -0.3 is 15.0 Å². The van der Waals surface area contributed by atoms with Crippen molar-refractivity contribution in [3.05, 3.63) is 64.1 Å². The van der Waals surface area contributed by atoms with Crippen LogP contribution in [0, 0.1) is 0 Å². The van der Waals surface area contributed by atoms with Gasteiger partial charge in [-0.05, 0) is 62.1 Å². The van der Waals surface area contributed by atoms with E-state index in [1.54, 1.807) is 11.8 Å². The lowest BCUT2D eigenvalue weighted by molar-refractivity contribution is -0.142. The van der Waals surface area contributed by atoms with Crippen LogP contribution in [0.3, 0.4) is 0 Å². The van der Waals surface area contributed by atoms with Crippen LogP contribution in [0.1, 0.15) is 45.2 Å². The number of carbonyl (C=O) groups is 2. The Kier molecular flexibility index (Phi) is 9.37. The van der Waals surface area contributed by atoms with Crippen molar-refractivity contribution < 1.29 is 14.3 Å². The van der Waals surface area contributed by atoms with E-state index in [0.29, 0.717) is 12.3 Å². The summed E-state index contributed by atoms with van der Waals surface area (Å²) in [4.78, 5) is 27.3. The van der Waals surface area contributed by atoms with Gasteiger partial charge in [0.15, 0.2) is 6.61 Å². The molecule has 0 aliphatic rings.